The highest BCUT2D eigenvalue weighted by Gasteiger charge is 2.26. The zero-order chi connectivity index (χ0) is 20.5. The first-order chi connectivity index (χ1) is 13.4. The smallest absolute Gasteiger partial charge is 0.261 e. The van der Waals surface area contributed by atoms with E-state index in [1.165, 1.54) is 0 Å². The normalized spacial score (nSPS) is 11.8. The lowest BCUT2D eigenvalue weighted by atomic mass is 10.1. The Morgan fingerprint density at radius 3 is 2.29 bits per heavy atom. The van der Waals surface area contributed by atoms with Crippen molar-refractivity contribution < 1.29 is 14.3 Å². The highest BCUT2D eigenvalue weighted by Crippen LogP contribution is 2.15. The van der Waals surface area contributed by atoms with Crippen molar-refractivity contribution in [1.29, 1.82) is 0 Å². The number of nitrogens with zero attached hydrogens (tertiary/aromatic N) is 1. The molecule has 6 heteroatoms. The first-order valence-corrected chi connectivity index (χ1v) is 10.4. The van der Waals surface area contributed by atoms with Crippen LogP contribution in [-0.4, -0.2) is 35.9 Å². The average molecular weight is 494 g/mol. The van der Waals surface area contributed by atoms with Gasteiger partial charge >= 0.3 is 0 Å². The fourth-order valence-electron chi connectivity index (χ4n) is 2.57. The molecule has 1 N–H and O–H groups in total. The second-order valence-corrected chi connectivity index (χ2v) is 8.31. The van der Waals surface area contributed by atoms with Crippen LogP contribution >= 0.6 is 22.6 Å². The molecule has 0 saturated carbocycles. The molecule has 0 bridgehead atoms. The molecule has 0 unspecified atom stereocenters. The lowest BCUT2D eigenvalue weighted by molar-refractivity contribution is -0.142. The average Bonchev–Trinajstić information content (AvgIpc) is 2.69. The summed E-state index contributed by atoms with van der Waals surface area (Å²) in [6.07, 6.45) is 0. The van der Waals surface area contributed by atoms with Gasteiger partial charge in [0.2, 0.25) is 5.91 Å². The second kappa shape index (κ2) is 11.0. The third-order valence-corrected chi connectivity index (χ3v) is 4.94. The van der Waals surface area contributed by atoms with E-state index < -0.39 is 6.04 Å². The Kier molecular flexibility index (Phi) is 8.76. The van der Waals surface area contributed by atoms with E-state index in [9.17, 15) is 9.59 Å². The molecule has 0 aliphatic rings. The zero-order valence-electron chi connectivity index (χ0n) is 16.5. The maximum atomic E-state index is 12.9. The summed E-state index contributed by atoms with van der Waals surface area (Å²) in [5, 5.41) is 2.91. The van der Waals surface area contributed by atoms with E-state index in [-0.39, 0.29) is 18.4 Å². The fourth-order valence-corrected chi connectivity index (χ4v) is 2.93. The van der Waals surface area contributed by atoms with Crippen molar-refractivity contribution in [3.63, 3.8) is 0 Å². The third-order valence-electron chi connectivity index (χ3n) is 4.22. The molecule has 2 rings (SSSR count). The summed E-state index contributed by atoms with van der Waals surface area (Å²) in [6, 6.07) is 16.6. The molecule has 5 nitrogen and oxygen atoms in total. The molecule has 2 aromatic carbocycles. The van der Waals surface area contributed by atoms with Crippen LogP contribution in [0.4, 0.5) is 0 Å². The van der Waals surface area contributed by atoms with Crippen LogP contribution < -0.4 is 10.1 Å². The van der Waals surface area contributed by atoms with Gasteiger partial charge in [-0.1, -0.05) is 44.2 Å². The maximum Gasteiger partial charge on any atom is 0.261 e. The van der Waals surface area contributed by atoms with E-state index in [0.29, 0.717) is 24.8 Å². The SMILES string of the molecule is CC(C)CNC(=O)[C@@H](C)N(Cc1ccccc1)C(=O)COc1ccc(I)cc1. The van der Waals surface area contributed by atoms with Crippen LogP contribution in [0.3, 0.4) is 0 Å². The van der Waals surface area contributed by atoms with Crippen LogP contribution in [0.5, 0.6) is 5.75 Å². The number of carbonyl (C=O) groups excluding carboxylic acids is 2. The Balaban J connectivity index is 2.08. The number of halogens is 1. The van der Waals surface area contributed by atoms with Gasteiger partial charge in [0, 0.05) is 16.7 Å². The summed E-state index contributed by atoms with van der Waals surface area (Å²) >= 11 is 2.21. The molecule has 0 heterocycles. The summed E-state index contributed by atoms with van der Waals surface area (Å²) in [4.78, 5) is 27.0. The van der Waals surface area contributed by atoms with Gasteiger partial charge < -0.3 is 15.0 Å². The Bertz CT molecular complexity index is 763. The van der Waals surface area contributed by atoms with Gasteiger partial charge in [-0.05, 0) is 65.3 Å². The molecule has 0 aliphatic heterocycles. The molecule has 28 heavy (non-hydrogen) atoms. The number of amides is 2. The molecule has 2 amide bonds. The van der Waals surface area contributed by atoms with E-state index in [4.69, 9.17) is 4.74 Å². The predicted molar refractivity (Wildman–Crippen MR) is 119 cm³/mol. The van der Waals surface area contributed by atoms with Gasteiger partial charge in [-0.2, -0.15) is 0 Å². The first kappa shape index (κ1) is 22.2. The molecule has 2 aromatic rings. The quantitative estimate of drug-likeness (QED) is 0.539. The van der Waals surface area contributed by atoms with Crippen molar-refractivity contribution >= 4 is 34.4 Å². The lowest BCUT2D eigenvalue weighted by Crippen LogP contribution is -2.49. The minimum absolute atomic E-state index is 0.116. The minimum atomic E-state index is -0.591. The van der Waals surface area contributed by atoms with Gasteiger partial charge in [-0.25, -0.2) is 0 Å². The summed E-state index contributed by atoms with van der Waals surface area (Å²) in [5.41, 5.74) is 0.966. The van der Waals surface area contributed by atoms with Crippen molar-refractivity contribution in [2.24, 2.45) is 5.92 Å². The summed E-state index contributed by atoms with van der Waals surface area (Å²) in [7, 11) is 0. The van der Waals surface area contributed by atoms with Crippen LogP contribution in [0.25, 0.3) is 0 Å². The molecule has 150 valence electrons. The molecule has 0 aromatic heterocycles. The van der Waals surface area contributed by atoms with Crippen molar-refractivity contribution in [3.8, 4) is 5.75 Å². The van der Waals surface area contributed by atoms with Crippen molar-refractivity contribution in [2.45, 2.75) is 33.4 Å². The Labute approximate surface area is 180 Å². The van der Waals surface area contributed by atoms with Crippen molar-refractivity contribution in [2.75, 3.05) is 13.2 Å². The monoisotopic (exact) mass is 494 g/mol. The minimum Gasteiger partial charge on any atom is -0.484 e. The first-order valence-electron chi connectivity index (χ1n) is 9.36. The number of nitrogens with one attached hydrogen (secondary N) is 1. The van der Waals surface area contributed by atoms with Crippen LogP contribution in [0.2, 0.25) is 0 Å². The van der Waals surface area contributed by atoms with E-state index >= 15 is 0 Å². The van der Waals surface area contributed by atoms with Gasteiger partial charge in [0.25, 0.3) is 5.91 Å². The zero-order valence-corrected chi connectivity index (χ0v) is 18.7. The largest absolute Gasteiger partial charge is 0.484 e. The number of hydrogen-bond donors (Lipinski definition) is 1. The fraction of sp³-hybridized carbons (Fsp3) is 0.364. The molecular weight excluding hydrogens is 467 g/mol. The van der Waals surface area contributed by atoms with E-state index in [2.05, 4.69) is 27.9 Å². The molecule has 0 saturated heterocycles. The Morgan fingerprint density at radius 2 is 1.68 bits per heavy atom. The van der Waals surface area contributed by atoms with Crippen molar-refractivity contribution in [3.05, 3.63) is 63.7 Å². The number of benzene rings is 2. The van der Waals surface area contributed by atoms with Crippen LogP contribution in [0.1, 0.15) is 26.3 Å². The number of rotatable bonds is 9. The molecule has 0 radical (unpaired) electrons. The van der Waals surface area contributed by atoms with Gasteiger partial charge in [0.1, 0.15) is 11.8 Å². The molecule has 0 aliphatic carbocycles. The maximum absolute atomic E-state index is 12.9. The van der Waals surface area contributed by atoms with Crippen LogP contribution in [0.15, 0.2) is 54.6 Å². The Hall–Kier alpha value is -2.09. The summed E-state index contributed by atoms with van der Waals surface area (Å²) < 4.78 is 6.74. The number of carbonyl (C=O) groups is 2. The van der Waals surface area contributed by atoms with E-state index in [0.717, 1.165) is 9.13 Å². The van der Waals surface area contributed by atoms with Gasteiger partial charge in [0.05, 0.1) is 0 Å². The van der Waals surface area contributed by atoms with Gasteiger partial charge in [-0.3, -0.25) is 9.59 Å². The standard InChI is InChI=1S/C22H27IN2O3/c1-16(2)13-24-22(27)17(3)25(14-18-7-5-4-6-8-18)21(26)15-28-20-11-9-19(23)10-12-20/h4-12,16-17H,13-15H2,1-3H3,(H,24,27)/t17-/m1/s1. The predicted octanol–water partition coefficient (Wildman–Crippen LogP) is 3.86. The highest BCUT2D eigenvalue weighted by atomic mass is 127. The topological polar surface area (TPSA) is 58.6 Å². The Morgan fingerprint density at radius 1 is 1.04 bits per heavy atom. The molecular formula is C22H27IN2O3. The van der Waals surface area contributed by atoms with Gasteiger partial charge in [0.15, 0.2) is 6.61 Å². The summed E-state index contributed by atoms with van der Waals surface area (Å²) in [6.45, 7) is 6.64. The molecule has 1 atom stereocenters. The van der Waals surface area contributed by atoms with Crippen molar-refractivity contribution in [1.82, 2.24) is 10.2 Å². The second-order valence-electron chi connectivity index (χ2n) is 7.06. The molecule has 0 fully saturated rings. The van der Waals surface area contributed by atoms with Crippen LogP contribution in [0, 0.1) is 9.49 Å². The third kappa shape index (κ3) is 7.14. The summed E-state index contributed by atoms with van der Waals surface area (Å²) in [5.74, 6) is 0.589. The number of hydrogen-bond acceptors (Lipinski definition) is 3. The van der Waals surface area contributed by atoms with E-state index in [1.54, 1.807) is 11.8 Å². The van der Waals surface area contributed by atoms with E-state index in [1.807, 2.05) is 68.4 Å². The van der Waals surface area contributed by atoms with Crippen LogP contribution in [-0.2, 0) is 16.1 Å². The van der Waals surface area contributed by atoms with Gasteiger partial charge in [-0.15, -0.1) is 0 Å². The molecule has 0 spiro atoms. The lowest BCUT2D eigenvalue weighted by Gasteiger charge is -2.29. The highest BCUT2D eigenvalue weighted by molar-refractivity contribution is 14.1. The number of ether oxygens (including phenoxy) is 1.